The highest BCUT2D eigenvalue weighted by molar-refractivity contribution is 6.01. The van der Waals surface area contributed by atoms with Crippen molar-refractivity contribution in [2.45, 2.75) is 52.7 Å². The van der Waals surface area contributed by atoms with Crippen LogP contribution in [0.3, 0.4) is 0 Å². The average Bonchev–Trinajstić information content (AvgIpc) is 3.53. The van der Waals surface area contributed by atoms with Gasteiger partial charge in [0.25, 0.3) is 11.8 Å². The van der Waals surface area contributed by atoms with Gasteiger partial charge in [0.2, 0.25) is 5.82 Å². The molecule has 0 unspecified atom stereocenters. The Morgan fingerprint density at radius 2 is 1.86 bits per heavy atom. The SMILES string of the molecule is Cc1ccc(-c2nnn(CC(=O)N(c3ccccc3C)[C@H](C(=O)NC(C)(C)C)c3ccco3)n2)o1. The van der Waals surface area contributed by atoms with Crippen LogP contribution in [0.15, 0.2) is 63.6 Å². The number of nitrogens with zero attached hydrogens (tertiary/aromatic N) is 5. The highest BCUT2D eigenvalue weighted by Gasteiger charge is 2.37. The molecule has 0 saturated carbocycles. The van der Waals surface area contributed by atoms with Crippen LogP contribution in [0.1, 0.15) is 43.9 Å². The van der Waals surface area contributed by atoms with Gasteiger partial charge in [0, 0.05) is 11.2 Å². The number of tetrazole rings is 1. The monoisotopic (exact) mass is 476 g/mol. The number of anilines is 1. The topological polar surface area (TPSA) is 119 Å². The fourth-order valence-electron chi connectivity index (χ4n) is 3.67. The van der Waals surface area contributed by atoms with Gasteiger partial charge < -0.3 is 14.2 Å². The highest BCUT2D eigenvalue weighted by Crippen LogP contribution is 2.31. The number of para-hydroxylation sites is 1. The molecule has 0 fully saturated rings. The summed E-state index contributed by atoms with van der Waals surface area (Å²) in [5.41, 5.74) is 0.871. The van der Waals surface area contributed by atoms with Gasteiger partial charge >= 0.3 is 0 Å². The van der Waals surface area contributed by atoms with Gasteiger partial charge in [0.15, 0.2) is 11.8 Å². The molecule has 35 heavy (non-hydrogen) atoms. The Morgan fingerprint density at radius 1 is 1.09 bits per heavy atom. The lowest BCUT2D eigenvalue weighted by Crippen LogP contribution is -2.50. The smallest absolute Gasteiger partial charge is 0.251 e. The molecule has 0 saturated heterocycles. The zero-order valence-electron chi connectivity index (χ0n) is 20.3. The molecule has 0 aliphatic rings. The van der Waals surface area contributed by atoms with Crippen molar-refractivity contribution >= 4 is 17.5 Å². The first kappa shape index (κ1) is 23.9. The first-order valence-corrected chi connectivity index (χ1v) is 11.2. The molecule has 1 atom stereocenters. The number of aromatic nitrogens is 4. The molecule has 182 valence electrons. The second kappa shape index (κ2) is 9.57. The molecule has 3 heterocycles. The normalized spacial score (nSPS) is 12.4. The molecule has 4 aromatic rings. The van der Waals surface area contributed by atoms with Crippen molar-refractivity contribution in [2.75, 3.05) is 4.90 Å². The van der Waals surface area contributed by atoms with E-state index in [-0.39, 0.29) is 18.3 Å². The van der Waals surface area contributed by atoms with E-state index in [0.29, 0.717) is 23.0 Å². The van der Waals surface area contributed by atoms with Crippen molar-refractivity contribution in [1.29, 1.82) is 0 Å². The van der Waals surface area contributed by atoms with Crippen molar-refractivity contribution in [3.05, 3.63) is 71.9 Å². The van der Waals surface area contributed by atoms with Crippen molar-refractivity contribution in [3.8, 4) is 11.6 Å². The number of hydrogen-bond acceptors (Lipinski definition) is 7. The van der Waals surface area contributed by atoms with Crippen LogP contribution >= 0.6 is 0 Å². The van der Waals surface area contributed by atoms with E-state index in [4.69, 9.17) is 8.83 Å². The molecule has 1 N–H and O–H groups in total. The van der Waals surface area contributed by atoms with Gasteiger partial charge in [-0.25, -0.2) is 0 Å². The second-order valence-corrected chi connectivity index (χ2v) is 9.26. The molecule has 0 bridgehead atoms. The fraction of sp³-hybridized carbons (Fsp3) is 0.320. The van der Waals surface area contributed by atoms with Crippen LogP contribution in [-0.4, -0.2) is 37.6 Å². The zero-order valence-corrected chi connectivity index (χ0v) is 20.3. The number of nitrogens with one attached hydrogen (secondary N) is 1. The Balaban J connectivity index is 1.72. The van der Waals surface area contributed by atoms with Gasteiger partial charge in [-0.05, 0) is 75.7 Å². The van der Waals surface area contributed by atoms with Crippen LogP contribution < -0.4 is 10.2 Å². The summed E-state index contributed by atoms with van der Waals surface area (Å²) in [7, 11) is 0. The maximum atomic E-state index is 13.8. The maximum absolute atomic E-state index is 13.8. The number of carbonyl (C=O) groups is 2. The number of benzene rings is 1. The third-order valence-corrected chi connectivity index (χ3v) is 5.15. The van der Waals surface area contributed by atoms with Crippen LogP contribution in [0.5, 0.6) is 0 Å². The van der Waals surface area contributed by atoms with E-state index in [1.807, 2.05) is 52.8 Å². The molecular weight excluding hydrogens is 448 g/mol. The number of furan rings is 2. The molecule has 0 aliphatic heterocycles. The van der Waals surface area contributed by atoms with Crippen LogP contribution in [0, 0.1) is 13.8 Å². The van der Waals surface area contributed by atoms with E-state index in [0.717, 1.165) is 5.56 Å². The first-order valence-electron chi connectivity index (χ1n) is 11.2. The highest BCUT2D eigenvalue weighted by atomic mass is 16.3. The molecule has 1 aromatic carbocycles. The van der Waals surface area contributed by atoms with Crippen molar-refractivity contribution in [3.63, 3.8) is 0 Å². The molecule has 0 spiro atoms. The largest absolute Gasteiger partial charge is 0.467 e. The van der Waals surface area contributed by atoms with Gasteiger partial charge in [-0.15, -0.1) is 10.2 Å². The van der Waals surface area contributed by atoms with E-state index in [2.05, 4.69) is 20.7 Å². The lowest BCUT2D eigenvalue weighted by Gasteiger charge is -2.33. The minimum Gasteiger partial charge on any atom is -0.467 e. The minimum absolute atomic E-state index is 0.249. The van der Waals surface area contributed by atoms with E-state index in [9.17, 15) is 9.59 Å². The third-order valence-electron chi connectivity index (χ3n) is 5.15. The number of carbonyl (C=O) groups excluding carboxylic acids is 2. The summed E-state index contributed by atoms with van der Waals surface area (Å²) in [6, 6.07) is 13.2. The van der Waals surface area contributed by atoms with Gasteiger partial charge in [0.05, 0.1) is 6.26 Å². The van der Waals surface area contributed by atoms with E-state index in [1.165, 1.54) is 16.0 Å². The standard InChI is InChI=1S/C25H28N6O4/c1-16-9-6-7-10-18(16)31(22(19-11-8-14-34-19)24(33)26-25(3,4)5)21(32)15-30-28-23(27-29-30)20-13-12-17(2)35-20/h6-14,22H,15H2,1-5H3,(H,26,33)/t22-/m0/s1. The molecular formula is C25H28N6O4. The van der Waals surface area contributed by atoms with Gasteiger partial charge in [-0.2, -0.15) is 4.80 Å². The van der Waals surface area contributed by atoms with E-state index in [1.54, 1.807) is 30.3 Å². The molecule has 4 rings (SSSR count). The summed E-state index contributed by atoms with van der Waals surface area (Å²) in [5, 5.41) is 15.3. The number of aryl methyl sites for hydroxylation is 2. The maximum Gasteiger partial charge on any atom is 0.251 e. The predicted octanol–water partition coefficient (Wildman–Crippen LogP) is 3.83. The average molecular weight is 477 g/mol. The second-order valence-electron chi connectivity index (χ2n) is 9.26. The van der Waals surface area contributed by atoms with Crippen molar-refractivity contribution < 1.29 is 18.4 Å². The predicted molar refractivity (Wildman–Crippen MR) is 128 cm³/mol. The lowest BCUT2D eigenvalue weighted by molar-refractivity contribution is -0.128. The molecule has 2 amide bonds. The lowest BCUT2D eigenvalue weighted by atomic mass is 10.0. The van der Waals surface area contributed by atoms with Crippen molar-refractivity contribution in [2.24, 2.45) is 0 Å². The Labute approximate surface area is 202 Å². The molecule has 0 radical (unpaired) electrons. The van der Waals surface area contributed by atoms with Gasteiger partial charge in [0.1, 0.15) is 18.1 Å². The summed E-state index contributed by atoms with van der Waals surface area (Å²) < 4.78 is 11.2. The first-order chi connectivity index (χ1) is 16.6. The summed E-state index contributed by atoms with van der Waals surface area (Å²) in [6.45, 7) is 9.07. The van der Waals surface area contributed by atoms with E-state index >= 15 is 0 Å². The summed E-state index contributed by atoms with van der Waals surface area (Å²) in [5.74, 6) is 0.981. The quantitative estimate of drug-likeness (QED) is 0.430. The summed E-state index contributed by atoms with van der Waals surface area (Å²) >= 11 is 0. The third kappa shape index (κ3) is 5.48. The fourth-order valence-corrected chi connectivity index (χ4v) is 3.67. The molecule has 0 aliphatic carbocycles. The summed E-state index contributed by atoms with van der Waals surface area (Å²) in [4.78, 5) is 29.9. The number of hydrogen-bond donors (Lipinski definition) is 1. The zero-order chi connectivity index (χ0) is 25.2. The van der Waals surface area contributed by atoms with Gasteiger partial charge in [-0.3, -0.25) is 14.5 Å². The van der Waals surface area contributed by atoms with Crippen molar-refractivity contribution in [1.82, 2.24) is 25.5 Å². The molecule has 10 nitrogen and oxygen atoms in total. The molecule has 3 aromatic heterocycles. The minimum atomic E-state index is -1.05. The Bertz CT molecular complexity index is 1320. The molecule has 10 heteroatoms. The Morgan fingerprint density at radius 3 is 2.49 bits per heavy atom. The summed E-state index contributed by atoms with van der Waals surface area (Å²) in [6.07, 6.45) is 1.48. The number of amides is 2. The van der Waals surface area contributed by atoms with Gasteiger partial charge in [-0.1, -0.05) is 18.2 Å². The Kier molecular flexibility index (Phi) is 6.54. The van der Waals surface area contributed by atoms with Crippen LogP contribution in [0.4, 0.5) is 5.69 Å². The van der Waals surface area contributed by atoms with Crippen LogP contribution in [-0.2, 0) is 16.1 Å². The number of rotatable bonds is 7. The van der Waals surface area contributed by atoms with E-state index < -0.39 is 17.5 Å². The Hall–Kier alpha value is -4.21. The van der Waals surface area contributed by atoms with Crippen LogP contribution in [0.25, 0.3) is 11.6 Å². The van der Waals surface area contributed by atoms with Crippen LogP contribution in [0.2, 0.25) is 0 Å².